The van der Waals surface area contributed by atoms with Crippen LogP contribution in [-0.4, -0.2) is 17.1 Å². The molecule has 3 nitrogen and oxygen atoms in total. The molecular formula is C11H12N2O. The first-order valence-corrected chi connectivity index (χ1v) is 4.62. The third kappa shape index (κ3) is 1.82. The standard InChI is InChI=1S/C11H12N2O/c1-14-10-5-2-4-9(8-10)11-12-6-3-7-13-11/h3-4,6-8H,2,5H2,1H3. The van der Waals surface area contributed by atoms with Crippen LogP contribution in [0.25, 0.3) is 5.57 Å². The molecule has 0 spiro atoms. The Bertz CT molecular complexity index is 368. The molecule has 0 saturated carbocycles. The number of methoxy groups -OCH3 is 1. The van der Waals surface area contributed by atoms with Gasteiger partial charge in [0.1, 0.15) is 0 Å². The molecule has 1 heterocycles. The number of rotatable bonds is 2. The van der Waals surface area contributed by atoms with Crippen LogP contribution in [0.15, 0.2) is 36.4 Å². The molecule has 0 aromatic carbocycles. The second-order valence-corrected chi connectivity index (χ2v) is 3.09. The van der Waals surface area contributed by atoms with Gasteiger partial charge < -0.3 is 4.74 Å². The zero-order valence-electron chi connectivity index (χ0n) is 8.10. The number of aromatic nitrogens is 2. The Morgan fingerprint density at radius 1 is 1.29 bits per heavy atom. The largest absolute Gasteiger partial charge is 0.501 e. The summed E-state index contributed by atoms with van der Waals surface area (Å²) in [5.74, 6) is 1.76. The van der Waals surface area contributed by atoms with E-state index in [9.17, 15) is 0 Å². The Morgan fingerprint density at radius 2 is 2.07 bits per heavy atom. The summed E-state index contributed by atoms with van der Waals surface area (Å²) in [6, 6.07) is 1.81. The normalized spacial score (nSPS) is 15.8. The van der Waals surface area contributed by atoms with E-state index in [-0.39, 0.29) is 0 Å². The highest BCUT2D eigenvalue weighted by Gasteiger charge is 2.08. The van der Waals surface area contributed by atoms with Gasteiger partial charge in [0, 0.05) is 24.4 Å². The molecule has 3 heteroatoms. The van der Waals surface area contributed by atoms with Crippen molar-refractivity contribution in [3.8, 4) is 0 Å². The maximum Gasteiger partial charge on any atom is 0.158 e. The van der Waals surface area contributed by atoms with Crippen molar-refractivity contribution < 1.29 is 4.74 Å². The van der Waals surface area contributed by atoms with E-state index in [1.807, 2.05) is 12.1 Å². The van der Waals surface area contributed by atoms with Crippen LogP contribution in [0.4, 0.5) is 0 Å². The molecule has 1 aromatic heterocycles. The van der Waals surface area contributed by atoms with Crippen LogP contribution in [0.3, 0.4) is 0 Å². The topological polar surface area (TPSA) is 35.0 Å². The Morgan fingerprint density at radius 3 is 2.79 bits per heavy atom. The predicted octanol–water partition coefficient (Wildman–Crippen LogP) is 2.18. The van der Waals surface area contributed by atoms with Crippen LogP contribution < -0.4 is 0 Å². The van der Waals surface area contributed by atoms with Crippen LogP contribution in [0.2, 0.25) is 0 Å². The van der Waals surface area contributed by atoms with E-state index in [4.69, 9.17) is 4.74 Å². The Balaban J connectivity index is 2.28. The summed E-state index contributed by atoms with van der Waals surface area (Å²) < 4.78 is 5.21. The fourth-order valence-corrected chi connectivity index (χ4v) is 1.44. The molecule has 2 rings (SSSR count). The van der Waals surface area contributed by atoms with Crippen molar-refractivity contribution in [3.05, 3.63) is 42.2 Å². The van der Waals surface area contributed by atoms with Crippen LogP contribution in [0, 0.1) is 0 Å². The van der Waals surface area contributed by atoms with Gasteiger partial charge in [-0.15, -0.1) is 0 Å². The molecule has 14 heavy (non-hydrogen) atoms. The molecule has 0 atom stereocenters. The number of nitrogens with zero attached hydrogens (tertiary/aromatic N) is 2. The van der Waals surface area contributed by atoms with Gasteiger partial charge >= 0.3 is 0 Å². The highest BCUT2D eigenvalue weighted by molar-refractivity contribution is 5.70. The molecule has 0 saturated heterocycles. The monoisotopic (exact) mass is 188 g/mol. The van der Waals surface area contributed by atoms with Gasteiger partial charge in [0.25, 0.3) is 0 Å². The molecule has 0 N–H and O–H groups in total. The van der Waals surface area contributed by atoms with Gasteiger partial charge in [0.05, 0.1) is 12.9 Å². The summed E-state index contributed by atoms with van der Waals surface area (Å²) in [4.78, 5) is 8.38. The maximum atomic E-state index is 5.21. The first-order valence-electron chi connectivity index (χ1n) is 4.62. The number of hydrogen-bond donors (Lipinski definition) is 0. The zero-order valence-corrected chi connectivity index (χ0v) is 8.10. The smallest absolute Gasteiger partial charge is 0.158 e. The van der Waals surface area contributed by atoms with Gasteiger partial charge in [-0.2, -0.15) is 0 Å². The predicted molar refractivity (Wildman–Crippen MR) is 54.3 cm³/mol. The molecule has 0 radical (unpaired) electrons. The molecule has 0 aliphatic heterocycles. The van der Waals surface area contributed by atoms with Crippen LogP contribution >= 0.6 is 0 Å². The first-order chi connectivity index (χ1) is 6.90. The fraction of sp³-hybridized carbons (Fsp3) is 0.273. The molecule has 72 valence electrons. The molecule has 0 unspecified atom stereocenters. The van der Waals surface area contributed by atoms with E-state index in [0.29, 0.717) is 0 Å². The average molecular weight is 188 g/mol. The fourth-order valence-electron chi connectivity index (χ4n) is 1.44. The third-order valence-electron chi connectivity index (χ3n) is 2.16. The second kappa shape index (κ2) is 4.05. The lowest BCUT2D eigenvalue weighted by atomic mass is 10.1. The molecule has 0 bridgehead atoms. The van der Waals surface area contributed by atoms with Crippen LogP contribution in [-0.2, 0) is 4.74 Å². The highest BCUT2D eigenvalue weighted by atomic mass is 16.5. The first kappa shape index (κ1) is 8.94. The van der Waals surface area contributed by atoms with E-state index >= 15 is 0 Å². The summed E-state index contributed by atoms with van der Waals surface area (Å²) in [5.41, 5.74) is 1.05. The van der Waals surface area contributed by atoms with Gasteiger partial charge in [-0.25, -0.2) is 9.97 Å². The number of ether oxygens (including phenoxy) is 1. The molecule has 1 aromatic rings. The van der Waals surface area contributed by atoms with Crippen molar-refractivity contribution in [2.24, 2.45) is 0 Å². The summed E-state index contributed by atoms with van der Waals surface area (Å²) in [7, 11) is 1.70. The minimum Gasteiger partial charge on any atom is -0.501 e. The molecule has 0 fully saturated rings. The Kier molecular flexibility index (Phi) is 2.58. The second-order valence-electron chi connectivity index (χ2n) is 3.09. The van der Waals surface area contributed by atoms with E-state index in [1.165, 1.54) is 0 Å². The van der Waals surface area contributed by atoms with E-state index in [2.05, 4.69) is 16.0 Å². The maximum absolute atomic E-state index is 5.21. The van der Waals surface area contributed by atoms with Crippen molar-refractivity contribution in [1.29, 1.82) is 0 Å². The van der Waals surface area contributed by atoms with Crippen molar-refractivity contribution in [2.75, 3.05) is 7.11 Å². The number of allylic oxidation sites excluding steroid dienone is 4. The lowest BCUT2D eigenvalue weighted by molar-refractivity contribution is 0.277. The minimum atomic E-state index is 0.766. The molecule has 1 aliphatic carbocycles. The van der Waals surface area contributed by atoms with Gasteiger partial charge in [-0.3, -0.25) is 0 Å². The van der Waals surface area contributed by atoms with Crippen molar-refractivity contribution in [3.63, 3.8) is 0 Å². The lowest BCUT2D eigenvalue weighted by Crippen LogP contribution is -1.97. The average Bonchev–Trinajstić information content (AvgIpc) is 2.30. The molecular weight excluding hydrogens is 176 g/mol. The van der Waals surface area contributed by atoms with Gasteiger partial charge in [-0.05, 0) is 18.6 Å². The molecule has 0 amide bonds. The summed E-state index contributed by atoms with van der Waals surface area (Å²) >= 11 is 0. The van der Waals surface area contributed by atoms with Gasteiger partial charge in [-0.1, -0.05) is 6.08 Å². The number of hydrogen-bond acceptors (Lipinski definition) is 3. The van der Waals surface area contributed by atoms with E-state index in [1.54, 1.807) is 19.5 Å². The third-order valence-corrected chi connectivity index (χ3v) is 2.16. The quantitative estimate of drug-likeness (QED) is 0.713. The lowest BCUT2D eigenvalue weighted by Gasteiger charge is -2.11. The van der Waals surface area contributed by atoms with Crippen molar-refractivity contribution >= 4 is 5.57 Å². The molecule has 1 aliphatic rings. The van der Waals surface area contributed by atoms with E-state index < -0.39 is 0 Å². The zero-order chi connectivity index (χ0) is 9.80. The van der Waals surface area contributed by atoms with E-state index in [0.717, 1.165) is 30.0 Å². The SMILES string of the molecule is COC1=CC(c2ncccn2)=CCC1. The highest BCUT2D eigenvalue weighted by Crippen LogP contribution is 2.22. The van der Waals surface area contributed by atoms with Crippen molar-refractivity contribution in [1.82, 2.24) is 9.97 Å². The van der Waals surface area contributed by atoms with Crippen LogP contribution in [0.5, 0.6) is 0 Å². The van der Waals surface area contributed by atoms with Gasteiger partial charge in [0.15, 0.2) is 5.82 Å². The summed E-state index contributed by atoms with van der Waals surface area (Å²) in [6.07, 6.45) is 9.59. The Hall–Kier alpha value is -1.64. The summed E-state index contributed by atoms with van der Waals surface area (Å²) in [6.45, 7) is 0. The Labute approximate surface area is 83.2 Å². The van der Waals surface area contributed by atoms with Crippen molar-refractivity contribution in [2.45, 2.75) is 12.8 Å². The summed E-state index contributed by atoms with van der Waals surface area (Å²) in [5, 5.41) is 0. The van der Waals surface area contributed by atoms with Gasteiger partial charge in [0.2, 0.25) is 0 Å². The minimum absolute atomic E-state index is 0.766. The van der Waals surface area contributed by atoms with Crippen LogP contribution in [0.1, 0.15) is 18.7 Å².